The lowest BCUT2D eigenvalue weighted by atomic mass is 10.2. The van der Waals surface area contributed by atoms with E-state index in [0.717, 1.165) is 13.0 Å². The molecule has 0 aliphatic heterocycles. The highest BCUT2D eigenvalue weighted by atomic mass is 16.1. The Labute approximate surface area is 109 Å². The molecule has 0 saturated heterocycles. The monoisotopic (exact) mass is 250 g/mol. The van der Waals surface area contributed by atoms with Crippen molar-refractivity contribution in [3.63, 3.8) is 0 Å². The van der Waals surface area contributed by atoms with Gasteiger partial charge in [0, 0.05) is 19.3 Å². The SMILES string of the molecule is CNc1ncccc1C(=O)NC(C)CCN(C)C. The van der Waals surface area contributed by atoms with Crippen molar-refractivity contribution in [3.05, 3.63) is 23.9 Å². The molecule has 0 aliphatic carbocycles. The largest absolute Gasteiger partial charge is 0.372 e. The van der Waals surface area contributed by atoms with Gasteiger partial charge in [-0.1, -0.05) is 0 Å². The van der Waals surface area contributed by atoms with Crippen LogP contribution >= 0.6 is 0 Å². The molecule has 18 heavy (non-hydrogen) atoms. The third-order valence-electron chi connectivity index (χ3n) is 2.68. The normalized spacial score (nSPS) is 12.3. The first-order chi connectivity index (χ1) is 8.54. The third-order valence-corrected chi connectivity index (χ3v) is 2.68. The molecule has 1 unspecified atom stereocenters. The van der Waals surface area contributed by atoms with Gasteiger partial charge in [-0.05, 0) is 46.1 Å². The lowest BCUT2D eigenvalue weighted by Crippen LogP contribution is -2.35. The molecule has 0 aromatic carbocycles. The van der Waals surface area contributed by atoms with E-state index in [1.807, 2.05) is 21.0 Å². The second kappa shape index (κ2) is 6.96. The zero-order chi connectivity index (χ0) is 13.5. The van der Waals surface area contributed by atoms with Crippen LogP contribution in [-0.4, -0.2) is 49.5 Å². The highest BCUT2D eigenvalue weighted by molar-refractivity contribution is 5.98. The van der Waals surface area contributed by atoms with Crippen molar-refractivity contribution >= 4 is 11.7 Å². The summed E-state index contributed by atoms with van der Waals surface area (Å²) in [6.07, 6.45) is 2.59. The molecule has 5 nitrogen and oxygen atoms in total. The number of rotatable bonds is 6. The molecule has 1 aromatic heterocycles. The number of aromatic nitrogens is 1. The summed E-state index contributed by atoms with van der Waals surface area (Å²) in [4.78, 5) is 18.3. The molecular formula is C13H22N4O. The molecule has 0 aliphatic rings. The van der Waals surface area contributed by atoms with Gasteiger partial charge in [0.1, 0.15) is 5.82 Å². The molecular weight excluding hydrogens is 228 g/mol. The minimum Gasteiger partial charge on any atom is -0.372 e. The summed E-state index contributed by atoms with van der Waals surface area (Å²) in [6, 6.07) is 3.68. The van der Waals surface area contributed by atoms with Crippen LogP contribution in [0.2, 0.25) is 0 Å². The Kier molecular flexibility index (Phi) is 5.58. The Bertz CT molecular complexity index is 392. The molecule has 1 atom stereocenters. The number of pyridine rings is 1. The first-order valence-electron chi connectivity index (χ1n) is 6.13. The zero-order valence-corrected chi connectivity index (χ0v) is 11.5. The van der Waals surface area contributed by atoms with Crippen LogP contribution < -0.4 is 10.6 Å². The second-order valence-electron chi connectivity index (χ2n) is 4.62. The van der Waals surface area contributed by atoms with E-state index in [0.29, 0.717) is 11.4 Å². The number of hydrogen-bond donors (Lipinski definition) is 2. The van der Waals surface area contributed by atoms with Crippen LogP contribution in [0.1, 0.15) is 23.7 Å². The summed E-state index contributed by atoms with van der Waals surface area (Å²) in [5.74, 6) is 0.522. The van der Waals surface area contributed by atoms with Gasteiger partial charge in [-0.15, -0.1) is 0 Å². The van der Waals surface area contributed by atoms with Crippen LogP contribution in [0.25, 0.3) is 0 Å². The maximum Gasteiger partial charge on any atom is 0.255 e. The zero-order valence-electron chi connectivity index (χ0n) is 11.5. The number of carbonyl (C=O) groups excluding carboxylic acids is 1. The quantitative estimate of drug-likeness (QED) is 0.796. The molecule has 0 radical (unpaired) electrons. The van der Waals surface area contributed by atoms with Crippen LogP contribution in [0.3, 0.4) is 0 Å². The topological polar surface area (TPSA) is 57.3 Å². The molecule has 0 bridgehead atoms. The number of amides is 1. The van der Waals surface area contributed by atoms with Crippen LogP contribution in [0.15, 0.2) is 18.3 Å². The van der Waals surface area contributed by atoms with Gasteiger partial charge in [0.2, 0.25) is 0 Å². The summed E-state index contributed by atoms with van der Waals surface area (Å²) >= 11 is 0. The van der Waals surface area contributed by atoms with Crippen molar-refractivity contribution in [2.24, 2.45) is 0 Å². The molecule has 0 fully saturated rings. The van der Waals surface area contributed by atoms with Crippen molar-refractivity contribution in [1.29, 1.82) is 0 Å². The van der Waals surface area contributed by atoms with Crippen molar-refractivity contribution in [2.75, 3.05) is 33.0 Å². The lowest BCUT2D eigenvalue weighted by Gasteiger charge is -2.17. The van der Waals surface area contributed by atoms with E-state index in [2.05, 4.69) is 20.5 Å². The predicted octanol–water partition coefficient (Wildman–Crippen LogP) is 1.19. The fourth-order valence-electron chi connectivity index (χ4n) is 1.61. The molecule has 1 rings (SSSR count). The van der Waals surface area contributed by atoms with Crippen LogP contribution in [-0.2, 0) is 0 Å². The molecule has 0 saturated carbocycles. The maximum atomic E-state index is 12.1. The van der Waals surface area contributed by atoms with E-state index in [1.54, 1.807) is 25.4 Å². The van der Waals surface area contributed by atoms with Gasteiger partial charge in [0.05, 0.1) is 5.56 Å². The van der Waals surface area contributed by atoms with Gasteiger partial charge in [-0.25, -0.2) is 4.98 Å². The molecule has 5 heteroatoms. The average Bonchev–Trinajstić information content (AvgIpc) is 2.36. The van der Waals surface area contributed by atoms with E-state index in [9.17, 15) is 4.79 Å². The van der Waals surface area contributed by atoms with Gasteiger partial charge in [0.15, 0.2) is 0 Å². The summed E-state index contributed by atoms with van der Waals surface area (Å²) in [5, 5.41) is 5.90. The summed E-state index contributed by atoms with van der Waals surface area (Å²) in [6.45, 7) is 2.96. The molecule has 1 aromatic rings. The maximum absolute atomic E-state index is 12.1. The number of hydrogen-bond acceptors (Lipinski definition) is 4. The molecule has 0 spiro atoms. The molecule has 1 amide bonds. The smallest absolute Gasteiger partial charge is 0.255 e. The number of nitrogens with zero attached hydrogens (tertiary/aromatic N) is 2. The van der Waals surface area contributed by atoms with Crippen LogP contribution in [0.5, 0.6) is 0 Å². The number of carbonyl (C=O) groups is 1. The first kappa shape index (κ1) is 14.4. The summed E-state index contributed by atoms with van der Waals surface area (Å²) < 4.78 is 0. The van der Waals surface area contributed by atoms with Crippen molar-refractivity contribution < 1.29 is 4.79 Å². The molecule has 100 valence electrons. The average molecular weight is 250 g/mol. The molecule has 1 heterocycles. The Balaban J connectivity index is 2.59. The Morgan fingerprint density at radius 1 is 1.50 bits per heavy atom. The summed E-state index contributed by atoms with van der Waals surface area (Å²) in [5.41, 5.74) is 0.580. The van der Waals surface area contributed by atoms with Gasteiger partial charge in [0.25, 0.3) is 5.91 Å². The van der Waals surface area contributed by atoms with E-state index >= 15 is 0 Å². The lowest BCUT2D eigenvalue weighted by molar-refractivity contribution is 0.0937. The van der Waals surface area contributed by atoms with E-state index in [-0.39, 0.29) is 11.9 Å². The summed E-state index contributed by atoms with van der Waals surface area (Å²) in [7, 11) is 5.80. The van der Waals surface area contributed by atoms with Crippen molar-refractivity contribution in [1.82, 2.24) is 15.2 Å². The Hall–Kier alpha value is -1.62. The minimum atomic E-state index is -0.0845. The van der Waals surface area contributed by atoms with E-state index in [1.165, 1.54) is 0 Å². The van der Waals surface area contributed by atoms with Gasteiger partial charge >= 0.3 is 0 Å². The highest BCUT2D eigenvalue weighted by Gasteiger charge is 2.13. The highest BCUT2D eigenvalue weighted by Crippen LogP contribution is 2.10. The molecule has 2 N–H and O–H groups in total. The van der Waals surface area contributed by atoms with E-state index in [4.69, 9.17) is 0 Å². The number of anilines is 1. The van der Waals surface area contributed by atoms with E-state index < -0.39 is 0 Å². The third kappa shape index (κ3) is 4.33. The van der Waals surface area contributed by atoms with Gasteiger partial charge in [-0.3, -0.25) is 4.79 Å². The van der Waals surface area contributed by atoms with Gasteiger partial charge < -0.3 is 15.5 Å². The minimum absolute atomic E-state index is 0.0845. The Morgan fingerprint density at radius 2 is 2.22 bits per heavy atom. The second-order valence-corrected chi connectivity index (χ2v) is 4.62. The fraction of sp³-hybridized carbons (Fsp3) is 0.538. The van der Waals surface area contributed by atoms with Crippen molar-refractivity contribution in [3.8, 4) is 0 Å². The van der Waals surface area contributed by atoms with Gasteiger partial charge in [-0.2, -0.15) is 0 Å². The predicted molar refractivity (Wildman–Crippen MR) is 73.9 cm³/mol. The van der Waals surface area contributed by atoms with Crippen LogP contribution in [0, 0.1) is 0 Å². The fourth-order valence-corrected chi connectivity index (χ4v) is 1.61. The van der Waals surface area contributed by atoms with Crippen LogP contribution in [0.4, 0.5) is 5.82 Å². The first-order valence-corrected chi connectivity index (χ1v) is 6.13. The standard InChI is InChI=1S/C13H22N4O/c1-10(7-9-17(3)4)16-13(18)11-6-5-8-15-12(11)14-2/h5-6,8,10H,7,9H2,1-4H3,(H,14,15)(H,16,18). The number of nitrogens with one attached hydrogen (secondary N) is 2. The Morgan fingerprint density at radius 3 is 2.83 bits per heavy atom. The van der Waals surface area contributed by atoms with Crippen molar-refractivity contribution in [2.45, 2.75) is 19.4 Å².